The maximum atomic E-state index is 3.31. The molecule has 0 radical (unpaired) electrons. The molecule has 0 bridgehead atoms. The Morgan fingerprint density at radius 2 is 1.12 bits per heavy atom. The minimum Gasteiger partial charge on any atom is -0.312 e. The molecule has 0 fully saturated rings. The van der Waals surface area contributed by atoms with Crippen molar-refractivity contribution in [3.63, 3.8) is 0 Å². The van der Waals surface area contributed by atoms with E-state index < -0.39 is 0 Å². The van der Waals surface area contributed by atoms with E-state index in [9.17, 15) is 0 Å². The van der Waals surface area contributed by atoms with Gasteiger partial charge < -0.3 is 5.32 Å². The third-order valence-corrected chi connectivity index (χ3v) is 0.667. The van der Waals surface area contributed by atoms with Crippen LogP contribution < -0.4 is 5.32 Å². The molecule has 0 aliphatic carbocycles. The first-order valence-electron chi connectivity index (χ1n) is 2.89. The van der Waals surface area contributed by atoms with Gasteiger partial charge in [-0.15, -0.1) is 0 Å². The molecule has 0 heterocycles. The minimum atomic E-state index is 0. The van der Waals surface area contributed by atoms with E-state index in [-0.39, 0.29) is 37.7 Å². The van der Waals surface area contributed by atoms with Crippen LogP contribution in [0.25, 0.3) is 0 Å². The maximum Gasteiger partial charge on any atom is 0.00127 e. The van der Waals surface area contributed by atoms with Crippen molar-refractivity contribution in [2.75, 3.05) is 0 Å². The fourth-order valence-corrected chi connectivity index (χ4v) is 0.667. The van der Waals surface area contributed by atoms with Crippen molar-refractivity contribution >= 4 is 0 Å². The molecule has 52 valence electrons. The van der Waals surface area contributed by atoms with Crippen LogP contribution >= 0.6 is 0 Å². The molecule has 0 rings (SSSR count). The molecular weight excluding hydrogens is 126 g/mol. The van der Waals surface area contributed by atoms with Crippen LogP contribution in [0.5, 0.6) is 0 Å². The molecule has 0 spiro atoms. The van der Waals surface area contributed by atoms with E-state index in [0.717, 1.165) is 0 Å². The third-order valence-electron chi connectivity index (χ3n) is 0.667. The number of hydrogen-bond acceptors (Lipinski definition) is 1. The molecule has 0 aromatic carbocycles. The second kappa shape index (κ2) is 6.34. The zero-order valence-electron chi connectivity index (χ0n) is 6.01. The first kappa shape index (κ1) is 12.0. The van der Waals surface area contributed by atoms with E-state index in [1.807, 2.05) is 0 Å². The summed E-state index contributed by atoms with van der Waals surface area (Å²) in [6.45, 7) is 8.61. The van der Waals surface area contributed by atoms with Crippen molar-refractivity contribution < 1.29 is 37.7 Å². The zero-order valence-corrected chi connectivity index (χ0v) is 6.72. The van der Waals surface area contributed by atoms with Crippen LogP contribution in [0.1, 0.15) is 27.7 Å². The molecule has 1 N–H and O–H groups in total. The van der Waals surface area contributed by atoms with Crippen molar-refractivity contribution in [1.82, 2.24) is 5.32 Å². The standard InChI is InChI=1S/C6H15N.Ar/c1-5(2)7-6(3)4;/h5-7H,1-4H3;. The summed E-state index contributed by atoms with van der Waals surface area (Å²) in [5.74, 6) is 0. The topological polar surface area (TPSA) is 12.0 Å². The van der Waals surface area contributed by atoms with Crippen LogP contribution in [0.15, 0.2) is 0 Å². The SMILES string of the molecule is CC(C)NC(C)C.[Ar]. The molecule has 0 aromatic heterocycles. The Hall–Kier alpha value is 1.22. The Balaban J connectivity index is 0. The summed E-state index contributed by atoms with van der Waals surface area (Å²) in [7, 11) is 0. The monoisotopic (exact) mass is 141 g/mol. The Morgan fingerprint density at radius 1 is 0.875 bits per heavy atom. The summed E-state index contributed by atoms with van der Waals surface area (Å²) in [5, 5.41) is 3.31. The van der Waals surface area contributed by atoms with E-state index in [2.05, 4.69) is 33.0 Å². The van der Waals surface area contributed by atoms with Gasteiger partial charge in [0.05, 0.1) is 0 Å². The predicted molar refractivity (Wildman–Crippen MR) is 33.4 cm³/mol. The van der Waals surface area contributed by atoms with Gasteiger partial charge in [0.25, 0.3) is 0 Å². The van der Waals surface area contributed by atoms with E-state index in [1.54, 1.807) is 0 Å². The normalized spacial score (nSPS) is 9.75. The largest absolute Gasteiger partial charge is 0.312 e. The molecule has 0 saturated heterocycles. The van der Waals surface area contributed by atoms with Gasteiger partial charge in [0.15, 0.2) is 0 Å². The number of rotatable bonds is 2. The Morgan fingerprint density at radius 3 is 1.12 bits per heavy atom. The first-order valence-corrected chi connectivity index (χ1v) is 2.89. The summed E-state index contributed by atoms with van der Waals surface area (Å²) in [5.41, 5.74) is 0. The van der Waals surface area contributed by atoms with E-state index in [0.29, 0.717) is 12.1 Å². The second-order valence-corrected chi connectivity index (χ2v) is 2.48. The van der Waals surface area contributed by atoms with Crippen LogP contribution in [0.2, 0.25) is 0 Å². The number of nitrogens with one attached hydrogen (secondary N) is 1. The Labute approximate surface area is 82.2 Å². The molecule has 2 heteroatoms. The van der Waals surface area contributed by atoms with Gasteiger partial charge in [0.1, 0.15) is 0 Å². The molecule has 8 heavy (non-hydrogen) atoms. The predicted octanol–water partition coefficient (Wildman–Crippen LogP) is 1.39. The van der Waals surface area contributed by atoms with Gasteiger partial charge >= 0.3 is 0 Å². The fourth-order valence-electron chi connectivity index (χ4n) is 0.667. The Kier molecular flexibility index (Phi) is 9.47. The summed E-state index contributed by atoms with van der Waals surface area (Å²) in [4.78, 5) is 0. The van der Waals surface area contributed by atoms with Gasteiger partial charge in [0, 0.05) is 49.8 Å². The summed E-state index contributed by atoms with van der Waals surface area (Å²) < 4.78 is 0. The molecule has 0 saturated carbocycles. The molecular formula is C6H15ArN. The second-order valence-electron chi connectivity index (χ2n) is 2.48. The van der Waals surface area contributed by atoms with Crippen LogP contribution in [0.4, 0.5) is 0 Å². The Bertz CT molecular complexity index is 37.8. The quantitative estimate of drug-likeness (QED) is 0.612. The van der Waals surface area contributed by atoms with E-state index in [1.165, 1.54) is 0 Å². The van der Waals surface area contributed by atoms with Crippen molar-refractivity contribution in [3.05, 3.63) is 0 Å². The zero-order chi connectivity index (χ0) is 5.86. The molecule has 0 unspecified atom stereocenters. The van der Waals surface area contributed by atoms with Crippen LogP contribution in [-0.2, 0) is 0 Å². The van der Waals surface area contributed by atoms with Gasteiger partial charge in [-0.1, -0.05) is 27.7 Å². The van der Waals surface area contributed by atoms with Crippen molar-refractivity contribution in [1.29, 1.82) is 0 Å². The van der Waals surface area contributed by atoms with Gasteiger partial charge in [-0.05, 0) is 0 Å². The molecule has 1 nitrogen and oxygen atoms in total. The van der Waals surface area contributed by atoms with Crippen LogP contribution in [0.3, 0.4) is 0 Å². The molecule has 0 amide bonds. The van der Waals surface area contributed by atoms with E-state index in [4.69, 9.17) is 0 Å². The van der Waals surface area contributed by atoms with Gasteiger partial charge in [-0.2, -0.15) is 0 Å². The summed E-state index contributed by atoms with van der Waals surface area (Å²) in [6.07, 6.45) is 0. The maximum absolute atomic E-state index is 3.31. The summed E-state index contributed by atoms with van der Waals surface area (Å²) in [6, 6.07) is 1.25. The van der Waals surface area contributed by atoms with Crippen molar-refractivity contribution in [2.45, 2.75) is 39.8 Å². The molecule has 0 atom stereocenters. The van der Waals surface area contributed by atoms with Gasteiger partial charge in [0.2, 0.25) is 0 Å². The van der Waals surface area contributed by atoms with Crippen LogP contribution in [-0.4, -0.2) is 12.1 Å². The fraction of sp³-hybridized carbons (Fsp3) is 1.00. The van der Waals surface area contributed by atoms with E-state index >= 15 is 0 Å². The molecule has 0 aliphatic heterocycles. The summed E-state index contributed by atoms with van der Waals surface area (Å²) >= 11 is 0. The average molecular weight is 141 g/mol. The smallest absolute Gasteiger partial charge is 0.00127 e. The molecule has 0 aromatic rings. The van der Waals surface area contributed by atoms with Gasteiger partial charge in [-0.25, -0.2) is 0 Å². The molecule has 0 aliphatic rings. The first-order chi connectivity index (χ1) is 3.13. The van der Waals surface area contributed by atoms with Crippen LogP contribution in [0, 0.1) is 37.7 Å². The van der Waals surface area contributed by atoms with Gasteiger partial charge in [-0.3, -0.25) is 0 Å². The van der Waals surface area contributed by atoms with Crippen molar-refractivity contribution in [2.24, 2.45) is 0 Å². The number of hydrogen-bond donors (Lipinski definition) is 1. The third kappa shape index (κ3) is 10.3. The van der Waals surface area contributed by atoms with Crippen molar-refractivity contribution in [3.8, 4) is 0 Å². The average Bonchev–Trinajstić information content (AvgIpc) is 1.27. The minimum absolute atomic E-state index is 0.